The first-order chi connectivity index (χ1) is 11.1. The normalized spacial score (nSPS) is 22.5. The molecule has 0 aliphatic carbocycles. The summed E-state index contributed by atoms with van der Waals surface area (Å²) in [6.45, 7) is 4.56. The predicted octanol–water partition coefficient (Wildman–Crippen LogP) is 2.60. The van der Waals surface area contributed by atoms with Crippen molar-refractivity contribution in [3.8, 4) is 0 Å². The zero-order valence-electron chi connectivity index (χ0n) is 13.5. The van der Waals surface area contributed by atoms with Crippen LogP contribution in [-0.4, -0.2) is 43.0 Å². The summed E-state index contributed by atoms with van der Waals surface area (Å²) in [6.07, 6.45) is 6.60. The summed E-state index contributed by atoms with van der Waals surface area (Å²) >= 11 is 12.0. The quantitative estimate of drug-likeness (QED) is 0.881. The molecule has 0 saturated carbocycles. The molecule has 1 atom stereocenters. The molecule has 1 aromatic rings. The van der Waals surface area contributed by atoms with Crippen LogP contribution in [0.15, 0.2) is 18.2 Å². The molecule has 5 heteroatoms. The second-order valence-electron chi connectivity index (χ2n) is 6.82. The SMILES string of the molecule is O=C(Cc1ccc(Cl)c(Cl)c1)N1CCCC[C@H]1C[NH+]1CCCC1. The van der Waals surface area contributed by atoms with E-state index in [-0.39, 0.29) is 5.91 Å². The Morgan fingerprint density at radius 3 is 2.65 bits per heavy atom. The highest BCUT2D eigenvalue weighted by Crippen LogP contribution is 2.24. The number of hydrogen-bond donors (Lipinski definition) is 1. The molecule has 3 nitrogen and oxygen atoms in total. The maximum atomic E-state index is 12.8. The standard InChI is InChI=1S/C18H24Cl2N2O/c19-16-7-6-14(11-17(16)20)12-18(23)22-10-2-1-5-15(22)13-21-8-3-4-9-21/h6-7,11,15H,1-5,8-10,12-13H2/p+1/t15-/m0/s1. The van der Waals surface area contributed by atoms with Gasteiger partial charge in [0, 0.05) is 19.4 Å². The van der Waals surface area contributed by atoms with E-state index in [0.29, 0.717) is 22.5 Å². The van der Waals surface area contributed by atoms with Crippen LogP contribution in [0.3, 0.4) is 0 Å². The number of piperidine rings is 1. The zero-order valence-corrected chi connectivity index (χ0v) is 15.0. The van der Waals surface area contributed by atoms with E-state index >= 15 is 0 Å². The van der Waals surface area contributed by atoms with Crippen LogP contribution in [0.4, 0.5) is 0 Å². The Morgan fingerprint density at radius 2 is 1.91 bits per heavy atom. The monoisotopic (exact) mass is 355 g/mol. The van der Waals surface area contributed by atoms with Crippen LogP contribution in [-0.2, 0) is 11.2 Å². The zero-order chi connectivity index (χ0) is 16.2. The van der Waals surface area contributed by atoms with Gasteiger partial charge in [-0.25, -0.2) is 0 Å². The lowest BCUT2D eigenvalue weighted by atomic mass is 10.00. The van der Waals surface area contributed by atoms with Gasteiger partial charge in [0.1, 0.15) is 0 Å². The summed E-state index contributed by atoms with van der Waals surface area (Å²) in [5, 5.41) is 1.06. The fraction of sp³-hybridized carbons (Fsp3) is 0.611. The number of nitrogens with one attached hydrogen (secondary N) is 1. The fourth-order valence-electron chi connectivity index (χ4n) is 3.88. The smallest absolute Gasteiger partial charge is 0.227 e. The van der Waals surface area contributed by atoms with Gasteiger partial charge in [-0.1, -0.05) is 29.3 Å². The number of halogens is 2. The topological polar surface area (TPSA) is 24.8 Å². The van der Waals surface area contributed by atoms with E-state index in [0.717, 1.165) is 31.5 Å². The van der Waals surface area contributed by atoms with Crippen LogP contribution >= 0.6 is 23.2 Å². The minimum absolute atomic E-state index is 0.228. The van der Waals surface area contributed by atoms with E-state index in [1.54, 1.807) is 11.0 Å². The molecule has 2 aliphatic rings. The van der Waals surface area contributed by atoms with E-state index in [1.807, 2.05) is 12.1 Å². The minimum Gasteiger partial charge on any atom is -0.334 e. The Morgan fingerprint density at radius 1 is 1.13 bits per heavy atom. The third-order valence-corrected chi connectivity index (χ3v) is 5.86. The molecule has 2 fully saturated rings. The second-order valence-corrected chi connectivity index (χ2v) is 7.64. The first-order valence-electron chi connectivity index (χ1n) is 8.70. The number of likely N-dealkylation sites (tertiary alicyclic amines) is 2. The summed E-state index contributed by atoms with van der Waals surface area (Å²) in [5.41, 5.74) is 0.947. The Hall–Kier alpha value is -0.770. The highest BCUT2D eigenvalue weighted by Gasteiger charge is 2.30. The van der Waals surface area contributed by atoms with Crippen LogP contribution in [0, 0.1) is 0 Å². The molecule has 1 N–H and O–H groups in total. The third-order valence-electron chi connectivity index (χ3n) is 5.12. The van der Waals surface area contributed by atoms with Crippen molar-refractivity contribution in [3.05, 3.63) is 33.8 Å². The largest absolute Gasteiger partial charge is 0.334 e. The molecule has 1 amide bonds. The first-order valence-corrected chi connectivity index (χ1v) is 9.46. The Balaban J connectivity index is 1.64. The van der Waals surface area contributed by atoms with Gasteiger partial charge in [0.25, 0.3) is 0 Å². The Bertz CT molecular complexity index is 558. The number of carbonyl (C=O) groups excluding carboxylic acids is 1. The van der Waals surface area contributed by atoms with Gasteiger partial charge in [0.2, 0.25) is 5.91 Å². The molecule has 3 rings (SSSR count). The van der Waals surface area contributed by atoms with Gasteiger partial charge >= 0.3 is 0 Å². The molecule has 1 aromatic carbocycles. The van der Waals surface area contributed by atoms with Gasteiger partial charge in [0.05, 0.1) is 42.1 Å². The summed E-state index contributed by atoms with van der Waals surface area (Å²) < 4.78 is 0. The van der Waals surface area contributed by atoms with Gasteiger partial charge in [-0.2, -0.15) is 0 Å². The first kappa shape index (κ1) is 17.1. The number of quaternary nitrogens is 1. The van der Waals surface area contributed by atoms with Gasteiger partial charge < -0.3 is 9.80 Å². The molecule has 0 spiro atoms. The molecule has 0 aromatic heterocycles. The minimum atomic E-state index is 0.228. The van der Waals surface area contributed by atoms with Crippen molar-refractivity contribution < 1.29 is 9.69 Å². The van der Waals surface area contributed by atoms with Gasteiger partial charge in [0.15, 0.2) is 0 Å². The maximum absolute atomic E-state index is 12.8. The summed E-state index contributed by atoms with van der Waals surface area (Å²) in [6, 6.07) is 5.89. The number of amides is 1. The van der Waals surface area contributed by atoms with E-state index in [4.69, 9.17) is 23.2 Å². The number of hydrogen-bond acceptors (Lipinski definition) is 1. The van der Waals surface area contributed by atoms with Crippen LogP contribution in [0.2, 0.25) is 10.0 Å². The van der Waals surface area contributed by atoms with Crippen LogP contribution in [0.25, 0.3) is 0 Å². The summed E-state index contributed by atoms with van der Waals surface area (Å²) in [7, 11) is 0. The lowest BCUT2D eigenvalue weighted by Gasteiger charge is -2.36. The maximum Gasteiger partial charge on any atom is 0.227 e. The molecular formula is C18H25Cl2N2O+. The van der Waals surface area contributed by atoms with E-state index in [2.05, 4.69) is 4.90 Å². The molecular weight excluding hydrogens is 331 g/mol. The number of nitrogens with zero attached hydrogens (tertiary/aromatic N) is 1. The third kappa shape index (κ3) is 4.40. The number of carbonyl (C=O) groups is 1. The van der Waals surface area contributed by atoms with E-state index in [9.17, 15) is 4.79 Å². The van der Waals surface area contributed by atoms with Crippen LogP contribution < -0.4 is 4.90 Å². The molecule has 23 heavy (non-hydrogen) atoms. The lowest BCUT2D eigenvalue weighted by molar-refractivity contribution is -0.889. The molecule has 2 saturated heterocycles. The van der Waals surface area contributed by atoms with Crippen LogP contribution in [0.5, 0.6) is 0 Å². The number of benzene rings is 1. The van der Waals surface area contributed by atoms with Crippen molar-refractivity contribution in [1.29, 1.82) is 0 Å². The van der Waals surface area contributed by atoms with Gasteiger partial charge in [-0.05, 0) is 37.0 Å². The van der Waals surface area contributed by atoms with Crippen molar-refractivity contribution in [3.63, 3.8) is 0 Å². The average Bonchev–Trinajstić information content (AvgIpc) is 3.04. The molecule has 0 radical (unpaired) electrons. The fourth-order valence-corrected chi connectivity index (χ4v) is 4.20. The molecule has 0 bridgehead atoms. The summed E-state index contributed by atoms with van der Waals surface area (Å²) in [4.78, 5) is 16.6. The second kappa shape index (κ2) is 7.87. The van der Waals surface area contributed by atoms with Gasteiger partial charge in [-0.3, -0.25) is 4.79 Å². The van der Waals surface area contributed by atoms with Crippen molar-refractivity contribution in [2.75, 3.05) is 26.2 Å². The molecule has 126 valence electrons. The summed E-state index contributed by atoms with van der Waals surface area (Å²) in [5.74, 6) is 0.228. The van der Waals surface area contributed by atoms with Crippen molar-refractivity contribution >= 4 is 29.1 Å². The number of rotatable bonds is 4. The highest BCUT2D eigenvalue weighted by molar-refractivity contribution is 6.42. The van der Waals surface area contributed by atoms with Crippen molar-refractivity contribution in [1.82, 2.24) is 4.90 Å². The van der Waals surface area contributed by atoms with Crippen LogP contribution in [0.1, 0.15) is 37.7 Å². The lowest BCUT2D eigenvalue weighted by Crippen LogP contribution is -3.11. The molecule has 0 unspecified atom stereocenters. The van der Waals surface area contributed by atoms with Crippen molar-refractivity contribution in [2.24, 2.45) is 0 Å². The Kier molecular flexibility index (Phi) is 5.84. The highest BCUT2D eigenvalue weighted by atomic mass is 35.5. The molecule has 2 heterocycles. The Labute approximate surface area is 148 Å². The van der Waals surface area contributed by atoms with E-state index in [1.165, 1.54) is 32.4 Å². The average molecular weight is 356 g/mol. The van der Waals surface area contributed by atoms with Gasteiger partial charge in [-0.15, -0.1) is 0 Å². The predicted molar refractivity (Wildman–Crippen MR) is 94.3 cm³/mol. The molecule has 2 aliphatic heterocycles. The van der Waals surface area contributed by atoms with Crippen molar-refractivity contribution in [2.45, 2.75) is 44.6 Å². The van der Waals surface area contributed by atoms with E-state index < -0.39 is 0 Å².